The summed E-state index contributed by atoms with van der Waals surface area (Å²) in [5.74, 6) is 0.877. The maximum atomic E-state index is 5.76. The second kappa shape index (κ2) is 5.29. The second-order valence-corrected chi connectivity index (χ2v) is 5.00. The summed E-state index contributed by atoms with van der Waals surface area (Å²) in [7, 11) is 0. The highest BCUT2D eigenvalue weighted by atomic mass is 32.1. The van der Waals surface area contributed by atoms with E-state index in [-0.39, 0.29) is 6.04 Å². The number of nitrogens with two attached hydrogens (primary N) is 1. The third-order valence-corrected chi connectivity index (χ3v) is 3.23. The van der Waals surface area contributed by atoms with Gasteiger partial charge in [-0.1, -0.05) is 12.1 Å². The summed E-state index contributed by atoms with van der Waals surface area (Å²) in [6.45, 7) is 4.48. The van der Waals surface area contributed by atoms with Crippen molar-refractivity contribution in [3.05, 3.63) is 45.9 Å². The van der Waals surface area contributed by atoms with E-state index in [1.165, 1.54) is 5.56 Å². The topological polar surface area (TPSA) is 48.1 Å². The molecule has 0 bridgehead atoms. The summed E-state index contributed by atoms with van der Waals surface area (Å²) < 4.78 is 5.67. The van der Waals surface area contributed by atoms with Gasteiger partial charge in [0.2, 0.25) is 0 Å². The highest BCUT2D eigenvalue weighted by Crippen LogP contribution is 2.18. The molecule has 90 valence electrons. The van der Waals surface area contributed by atoms with Crippen molar-refractivity contribution in [3.63, 3.8) is 0 Å². The van der Waals surface area contributed by atoms with Crippen molar-refractivity contribution in [2.45, 2.75) is 26.5 Å². The normalized spacial score (nSPS) is 12.4. The van der Waals surface area contributed by atoms with Gasteiger partial charge >= 0.3 is 0 Å². The van der Waals surface area contributed by atoms with Crippen LogP contribution in [-0.4, -0.2) is 4.98 Å². The lowest BCUT2D eigenvalue weighted by Crippen LogP contribution is -2.05. The molecular weight excluding hydrogens is 232 g/mol. The molecule has 0 radical (unpaired) electrons. The Balaban J connectivity index is 1.97. The first kappa shape index (κ1) is 12.1. The molecular formula is C13H16N2OS. The van der Waals surface area contributed by atoms with Crippen LogP contribution in [0.4, 0.5) is 0 Å². The first-order valence-corrected chi connectivity index (χ1v) is 6.42. The van der Waals surface area contributed by atoms with Gasteiger partial charge in [-0.2, -0.15) is 0 Å². The van der Waals surface area contributed by atoms with Crippen LogP contribution in [-0.2, 0) is 6.61 Å². The largest absolute Gasteiger partial charge is 0.486 e. The van der Waals surface area contributed by atoms with Gasteiger partial charge in [0.1, 0.15) is 17.4 Å². The lowest BCUT2D eigenvalue weighted by Gasteiger charge is -2.04. The van der Waals surface area contributed by atoms with Crippen LogP contribution >= 0.6 is 11.3 Å². The number of hydrogen-bond donors (Lipinski definition) is 1. The van der Waals surface area contributed by atoms with Gasteiger partial charge in [0.05, 0.1) is 5.69 Å². The standard InChI is InChI=1S/C13H16N2OS/c1-9-4-3-5-11(6-9)16-7-13-15-12(8-17-13)10(2)14/h3-6,8,10H,7,14H2,1-2H3. The van der Waals surface area contributed by atoms with Gasteiger partial charge in [0.25, 0.3) is 0 Å². The van der Waals surface area contributed by atoms with Gasteiger partial charge in [-0.25, -0.2) is 4.98 Å². The van der Waals surface area contributed by atoms with E-state index in [4.69, 9.17) is 10.5 Å². The number of hydrogen-bond acceptors (Lipinski definition) is 4. The molecule has 0 saturated heterocycles. The van der Waals surface area contributed by atoms with Crippen molar-refractivity contribution >= 4 is 11.3 Å². The number of aromatic nitrogens is 1. The van der Waals surface area contributed by atoms with Crippen molar-refractivity contribution in [1.82, 2.24) is 4.98 Å². The second-order valence-electron chi connectivity index (χ2n) is 4.06. The van der Waals surface area contributed by atoms with E-state index in [1.807, 2.05) is 43.5 Å². The SMILES string of the molecule is Cc1cccc(OCc2nc(C(C)N)cs2)c1. The van der Waals surface area contributed by atoms with Crippen LogP contribution in [0.2, 0.25) is 0 Å². The van der Waals surface area contributed by atoms with E-state index in [0.717, 1.165) is 16.5 Å². The molecule has 1 atom stereocenters. The molecule has 3 nitrogen and oxygen atoms in total. The predicted molar refractivity (Wildman–Crippen MR) is 70.2 cm³/mol. The quantitative estimate of drug-likeness (QED) is 0.904. The molecule has 1 heterocycles. The Bertz CT molecular complexity index is 494. The first-order valence-electron chi connectivity index (χ1n) is 5.54. The number of benzene rings is 1. The Morgan fingerprint density at radius 2 is 2.29 bits per heavy atom. The number of nitrogens with zero attached hydrogens (tertiary/aromatic N) is 1. The Morgan fingerprint density at radius 3 is 2.94 bits per heavy atom. The number of thiazole rings is 1. The Hall–Kier alpha value is -1.39. The van der Waals surface area contributed by atoms with E-state index in [1.54, 1.807) is 11.3 Å². The van der Waals surface area contributed by atoms with E-state index in [0.29, 0.717) is 6.61 Å². The van der Waals surface area contributed by atoms with Crippen LogP contribution in [0.1, 0.15) is 29.2 Å². The van der Waals surface area contributed by atoms with Gasteiger partial charge in [-0.05, 0) is 31.5 Å². The van der Waals surface area contributed by atoms with Crippen molar-refractivity contribution in [2.75, 3.05) is 0 Å². The molecule has 1 aromatic carbocycles. The Labute approximate surface area is 105 Å². The summed E-state index contributed by atoms with van der Waals surface area (Å²) in [6, 6.07) is 7.98. The highest BCUT2D eigenvalue weighted by molar-refractivity contribution is 7.09. The van der Waals surface area contributed by atoms with Crippen LogP contribution in [0.5, 0.6) is 5.75 Å². The van der Waals surface area contributed by atoms with Crippen LogP contribution in [0.15, 0.2) is 29.6 Å². The average molecular weight is 248 g/mol. The smallest absolute Gasteiger partial charge is 0.140 e. The molecule has 0 amide bonds. The third kappa shape index (κ3) is 3.28. The molecule has 0 spiro atoms. The fraction of sp³-hybridized carbons (Fsp3) is 0.308. The van der Waals surface area contributed by atoms with E-state index in [2.05, 4.69) is 4.98 Å². The van der Waals surface area contributed by atoms with Gasteiger partial charge in [-0.3, -0.25) is 0 Å². The van der Waals surface area contributed by atoms with Crippen molar-refractivity contribution in [3.8, 4) is 5.75 Å². The number of ether oxygens (including phenoxy) is 1. The van der Waals surface area contributed by atoms with Gasteiger partial charge in [0.15, 0.2) is 0 Å². The minimum atomic E-state index is -0.0148. The van der Waals surface area contributed by atoms with E-state index < -0.39 is 0 Å². The Morgan fingerprint density at radius 1 is 1.47 bits per heavy atom. The third-order valence-electron chi connectivity index (χ3n) is 2.39. The van der Waals surface area contributed by atoms with Gasteiger partial charge < -0.3 is 10.5 Å². The molecule has 2 aromatic rings. The summed E-state index contributed by atoms with van der Waals surface area (Å²) in [5, 5.41) is 2.94. The molecule has 4 heteroatoms. The zero-order valence-electron chi connectivity index (χ0n) is 10.0. The summed E-state index contributed by atoms with van der Waals surface area (Å²) in [6.07, 6.45) is 0. The molecule has 2 rings (SSSR count). The summed E-state index contributed by atoms with van der Waals surface area (Å²) in [5.41, 5.74) is 7.88. The minimum absolute atomic E-state index is 0.0148. The monoisotopic (exact) mass is 248 g/mol. The molecule has 0 fully saturated rings. The van der Waals surface area contributed by atoms with Crippen molar-refractivity contribution < 1.29 is 4.74 Å². The zero-order valence-corrected chi connectivity index (χ0v) is 10.8. The Kier molecular flexibility index (Phi) is 3.76. The fourth-order valence-electron chi connectivity index (χ4n) is 1.45. The van der Waals surface area contributed by atoms with E-state index >= 15 is 0 Å². The minimum Gasteiger partial charge on any atom is -0.486 e. The van der Waals surface area contributed by atoms with Crippen LogP contribution in [0.3, 0.4) is 0 Å². The molecule has 2 N–H and O–H groups in total. The van der Waals surface area contributed by atoms with Crippen molar-refractivity contribution in [2.24, 2.45) is 5.73 Å². The zero-order chi connectivity index (χ0) is 12.3. The highest BCUT2D eigenvalue weighted by Gasteiger charge is 2.06. The molecule has 0 saturated carbocycles. The molecule has 17 heavy (non-hydrogen) atoms. The number of aryl methyl sites for hydroxylation is 1. The van der Waals surface area contributed by atoms with Gasteiger partial charge in [0, 0.05) is 11.4 Å². The van der Waals surface area contributed by atoms with Crippen LogP contribution in [0, 0.1) is 6.92 Å². The molecule has 0 aliphatic heterocycles. The molecule has 1 unspecified atom stereocenters. The summed E-state index contributed by atoms with van der Waals surface area (Å²) in [4.78, 5) is 4.42. The lowest BCUT2D eigenvalue weighted by atomic mass is 10.2. The number of rotatable bonds is 4. The van der Waals surface area contributed by atoms with Gasteiger partial charge in [-0.15, -0.1) is 11.3 Å². The van der Waals surface area contributed by atoms with Crippen LogP contribution < -0.4 is 10.5 Å². The lowest BCUT2D eigenvalue weighted by molar-refractivity contribution is 0.305. The summed E-state index contributed by atoms with van der Waals surface area (Å²) >= 11 is 1.59. The first-order chi connectivity index (χ1) is 8.15. The maximum absolute atomic E-state index is 5.76. The fourth-order valence-corrected chi connectivity index (χ4v) is 2.26. The molecule has 0 aliphatic carbocycles. The predicted octanol–water partition coefficient (Wildman–Crippen LogP) is 3.05. The van der Waals surface area contributed by atoms with E-state index in [9.17, 15) is 0 Å². The average Bonchev–Trinajstić information content (AvgIpc) is 2.75. The van der Waals surface area contributed by atoms with Crippen molar-refractivity contribution in [1.29, 1.82) is 0 Å². The maximum Gasteiger partial charge on any atom is 0.140 e. The van der Waals surface area contributed by atoms with Crippen LogP contribution in [0.25, 0.3) is 0 Å². The molecule has 1 aromatic heterocycles. The molecule has 0 aliphatic rings.